The van der Waals surface area contributed by atoms with Crippen LogP contribution in [0.15, 0.2) is 18.3 Å². The van der Waals surface area contributed by atoms with Crippen molar-refractivity contribution < 1.29 is 13.2 Å². The third-order valence-corrected chi connectivity index (χ3v) is 4.80. The van der Waals surface area contributed by atoms with Gasteiger partial charge in [-0.3, -0.25) is 10.2 Å². The van der Waals surface area contributed by atoms with Crippen LogP contribution in [0.4, 0.5) is 0 Å². The number of carbonyl (C=O) groups is 1. The summed E-state index contributed by atoms with van der Waals surface area (Å²) in [7, 11) is -1.96. The Morgan fingerprint density at radius 3 is 2.80 bits per heavy atom. The van der Waals surface area contributed by atoms with Crippen molar-refractivity contribution in [1.29, 1.82) is 0 Å². The monoisotopic (exact) mass is 300 g/mol. The van der Waals surface area contributed by atoms with E-state index in [4.69, 9.17) is 0 Å². The van der Waals surface area contributed by atoms with Crippen molar-refractivity contribution in [1.82, 2.24) is 19.1 Å². The molecule has 0 bridgehead atoms. The van der Waals surface area contributed by atoms with Gasteiger partial charge in [0.25, 0.3) is 16.1 Å². The van der Waals surface area contributed by atoms with E-state index in [0.717, 1.165) is 12.8 Å². The molecule has 1 unspecified atom stereocenters. The first-order chi connectivity index (χ1) is 9.40. The zero-order valence-electron chi connectivity index (χ0n) is 11.7. The normalized spacial score (nSPS) is 20.8. The topological polar surface area (TPSA) is 83.4 Å². The molecule has 1 saturated heterocycles. The average Bonchev–Trinajstić information content (AvgIpc) is 2.82. The Balaban J connectivity index is 1.95. The van der Waals surface area contributed by atoms with Crippen LogP contribution in [0.25, 0.3) is 0 Å². The number of aromatic nitrogens is 1. The van der Waals surface area contributed by atoms with Crippen LogP contribution in [-0.4, -0.2) is 36.3 Å². The number of hydrogen-bond acceptors (Lipinski definition) is 3. The maximum Gasteiger partial charge on any atom is 0.296 e. The van der Waals surface area contributed by atoms with Crippen molar-refractivity contribution in [3.05, 3.63) is 24.0 Å². The highest BCUT2D eigenvalue weighted by atomic mass is 32.2. The fourth-order valence-corrected chi connectivity index (χ4v) is 3.47. The highest BCUT2D eigenvalue weighted by molar-refractivity contribution is 7.87. The van der Waals surface area contributed by atoms with E-state index < -0.39 is 16.1 Å². The molecule has 7 nitrogen and oxygen atoms in total. The van der Waals surface area contributed by atoms with Gasteiger partial charge in [0.05, 0.1) is 0 Å². The highest BCUT2D eigenvalue weighted by Gasteiger charge is 2.27. The van der Waals surface area contributed by atoms with Crippen molar-refractivity contribution in [2.45, 2.75) is 19.8 Å². The van der Waals surface area contributed by atoms with E-state index in [1.54, 1.807) is 29.9 Å². The molecule has 2 N–H and O–H groups in total. The molecule has 0 saturated carbocycles. The van der Waals surface area contributed by atoms with Gasteiger partial charge in [0.15, 0.2) is 0 Å². The molecule has 2 heterocycles. The number of hydrazine groups is 1. The van der Waals surface area contributed by atoms with Crippen molar-refractivity contribution >= 4 is 16.1 Å². The van der Waals surface area contributed by atoms with Crippen molar-refractivity contribution in [3.63, 3.8) is 0 Å². The summed E-state index contributed by atoms with van der Waals surface area (Å²) in [6.45, 7) is 2.99. The lowest BCUT2D eigenvalue weighted by molar-refractivity contribution is 0.0935. The van der Waals surface area contributed by atoms with Gasteiger partial charge in [0, 0.05) is 26.3 Å². The summed E-state index contributed by atoms with van der Waals surface area (Å²) in [5.74, 6) is -0.143. The predicted octanol–water partition coefficient (Wildman–Crippen LogP) is 0.236. The Morgan fingerprint density at radius 1 is 1.45 bits per heavy atom. The largest absolute Gasteiger partial charge is 0.347 e. The lowest BCUT2D eigenvalue weighted by Crippen LogP contribution is -2.51. The summed E-state index contributed by atoms with van der Waals surface area (Å²) >= 11 is 0. The lowest BCUT2D eigenvalue weighted by atomic mass is 10.0. The summed E-state index contributed by atoms with van der Waals surface area (Å²) < 4.78 is 27.2. The van der Waals surface area contributed by atoms with Crippen LogP contribution in [0.5, 0.6) is 0 Å². The molecule has 1 amide bonds. The quantitative estimate of drug-likeness (QED) is 0.781. The predicted molar refractivity (Wildman–Crippen MR) is 74.9 cm³/mol. The number of rotatable bonds is 4. The van der Waals surface area contributed by atoms with Gasteiger partial charge < -0.3 is 4.57 Å². The number of nitrogens with one attached hydrogen (secondary N) is 2. The number of amides is 1. The fourth-order valence-electron chi connectivity index (χ4n) is 2.30. The van der Waals surface area contributed by atoms with Crippen LogP contribution in [0.3, 0.4) is 0 Å². The van der Waals surface area contributed by atoms with E-state index in [1.165, 1.54) is 4.31 Å². The standard InChI is InChI=1S/C12H20N4O3S/c1-10-5-3-8-16(9-10)20(18,19)14-13-12(17)11-6-4-7-15(11)2/h4,6-7,10,14H,3,5,8-9H2,1-2H3,(H,13,17). The van der Waals surface area contributed by atoms with E-state index in [-0.39, 0.29) is 0 Å². The summed E-state index contributed by atoms with van der Waals surface area (Å²) in [4.78, 5) is 14.0. The Morgan fingerprint density at radius 2 is 2.20 bits per heavy atom. The first kappa shape index (κ1) is 15.0. The summed E-state index contributed by atoms with van der Waals surface area (Å²) in [5, 5.41) is 0. The summed E-state index contributed by atoms with van der Waals surface area (Å²) in [6, 6.07) is 3.34. The number of nitrogens with zero attached hydrogens (tertiary/aromatic N) is 2. The van der Waals surface area contributed by atoms with Gasteiger partial charge in [-0.1, -0.05) is 6.92 Å². The Kier molecular flexibility index (Phi) is 4.46. The Labute approximate surface area is 119 Å². The second-order valence-electron chi connectivity index (χ2n) is 5.17. The van der Waals surface area contributed by atoms with E-state index in [1.807, 2.05) is 6.92 Å². The molecular formula is C12H20N4O3S. The zero-order chi connectivity index (χ0) is 14.8. The number of carbonyl (C=O) groups excluding carboxylic acids is 1. The number of piperidine rings is 1. The molecule has 1 aromatic heterocycles. The molecule has 0 aliphatic carbocycles. The average molecular weight is 300 g/mol. The molecule has 20 heavy (non-hydrogen) atoms. The molecule has 1 fully saturated rings. The maximum atomic E-state index is 12.1. The van der Waals surface area contributed by atoms with Gasteiger partial charge in [-0.2, -0.15) is 12.7 Å². The summed E-state index contributed by atoms with van der Waals surface area (Å²) in [5.41, 5.74) is 2.63. The van der Waals surface area contributed by atoms with Crippen molar-refractivity contribution in [2.24, 2.45) is 13.0 Å². The van der Waals surface area contributed by atoms with Crippen molar-refractivity contribution in [3.8, 4) is 0 Å². The van der Waals surface area contributed by atoms with Gasteiger partial charge in [-0.05, 0) is 30.9 Å². The second kappa shape index (κ2) is 5.94. The molecular weight excluding hydrogens is 280 g/mol. The van der Waals surface area contributed by atoms with Gasteiger partial charge in [0.1, 0.15) is 5.69 Å². The Hall–Kier alpha value is -1.38. The zero-order valence-corrected chi connectivity index (χ0v) is 12.5. The second-order valence-corrected chi connectivity index (χ2v) is 6.84. The third-order valence-electron chi connectivity index (χ3n) is 3.43. The minimum Gasteiger partial charge on any atom is -0.347 e. The van der Waals surface area contributed by atoms with Crippen LogP contribution >= 0.6 is 0 Å². The molecule has 1 aromatic rings. The van der Waals surface area contributed by atoms with Crippen LogP contribution in [0.2, 0.25) is 0 Å². The SMILES string of the molecule is CC1CCCN(S(=O)(=O)NNC(=O)c2cccn2C)C1. The molecule has 0 spiro atoms. The van der Waals surface area contributed by atoms with Gasteiger partial charge in [-0.25, -0.2) is 0 Å². The molecule has 0 aromatic carbocycles. The molecule has 112 valence electrons. The minimum absolute atomic E-state index is 0.337. The molecule has 1 aliphatic rings. The first-order valence-electron chi connectivity index (χ1n) is 6.58. The fraction of sp³-hybridized carbons (Fsp3) is 0.583. The molecule has 8 heteroatoms. The van der Waals surface area contributed by atoms with Crippen LogP contribution in [0, 0.1) is 5.92 Å². The number of aryl methyl sites for hydroxylation is 1. The first-order valence-corrected chi connectivity index (χ1v) is 8.02. The van der Waals surface area contributed by atoms with E-state index in [9.17, 15) is 13.2 Å². The van der Waals surface area contributed by atoms with Gasteiger partial charge in [-0.15, -0.1) is 4.83 Å². The van der Waals surface area contributed by atoms with E-state index >= 15 is 0 Å². The van der Waals surface area contributed by atoms with E-state index in [2.05, 4.69) is 10.3 Å². The minimum atomic E-state index is -3.67. The molecule has 2 rings (SSSR count). The van der Waals surface area contributed by atoms with E-state index in [0.29, 0.717) is 24.7 Å². The molecule has 0 radical (unpaired) electrons. The van der Waals surface area contributed by atoms with Gasteiger partial charge in [0.2, 0.25) is 0 Å². The number of hydrogen-bond donors (Lipinski definition) is 2. The smallest absolute Gasteiger partial charge is 0.296 e. The Bertz CT molecular complexity index is 581. The third kappa shape index (κ3) is 3.38. The summed E-state index contributed by atoms with van der Waals surface area (Å²) in [6.07, 6.45) is 3.59. The van der Waals surface area contributed by atoms with Crippen molar-refractivity contribution in [2.75, 3.05) is 13.1 Å². The highest BCUT2D eigenvalue weighted by Crippen LogP contribution is 2.17. The van der Waals surface area contributed by atoms with Crippen LogP contribution in [0.1, 0.15) is 30.3 Å². The molecule has 1 aliphatic heterocycles. The van der Waals surface area contributed by atoms with Crippen LogP contribution in [-0.2, 0) is 17.3 Å². The lowest BCUT2D eigenvalue weighted by Gasteiger charge is -2.29. The van der Waals surface area contributed by atoms with Crippen LogP contribution < -0.4 is 10.3 Å². The molecule has 1 atom stereocenters. The maximum absolute atomic E-state index is 12.1. The van der Waals surface area contributed by atoms with Gasteiger partial charge >= 0.3 is 0 Å².